The molecule has 2 heterocycles. The molecular formula is C60H39NO2. The van der Waals surface area contributed by atoms with Crippen molar-refractivity contribution < 1.29 is 8.83 Å². The van der Waals surface area contributed by atoms with Gasteiger partial charge in [-0.25, -0.2) is 0 Å². The summed E-state index contributed by atoms with van der Waals surface area (Å²) in [6.07, 6.45) is 0. The Labute approximate surface area is 365 Å². The fourth-order valence-corrected chi connectivity index (χ4v) is 9.24. The average molecular weight is 806 g/mol. The van der Waals surface area contributed by atoms with Crippen molar-refractivity contribution in [3.05, 3.63) is 237 Å². The molecule has 0 fully saturated rings. The Morgan fingerprint density at radius 1 is 0.270 bits per heavy atom. The van der Waals surface area contributed by atoms with Crippen LogP contribution in [0.1, 0.15) is 0 Å². The van der Waals surface area contributed by atoms with Crippen LogP contribution < -0.4 is 4.90 Å². The topological polar surface area (TPSA) is 29.5 Å². The van der Waals surface area contributed by atoms with Crippen LogP contribution in [0.15, 0.2) is 245 Å². The van der Waals surface area contributed by atoms with Crippen LogP contribution in [0.2, 0.25) is 0 Å². The smallest absolute Gasteiger partial charge is 0.145 e. The van der Waals surface area contributed by atoms with Crippen LogP contribution in [-0.4, -0.2) is 0 Å². The minimum atomic E-state index is 0.827. The molecule has 0 unspecified atom stereocenters. The zero-order valence-corrected chi connectivity index (χ0v) is 34.3. The molecule has 0 bridgehead atoms. The fourth-order valence-electron chi connectivity index (χ4n) is 9.24. The van der Waals surface area contributed by atoms with E-state index in [1.165, 1.54) is 16.7 Å². The molecule has 0 N–H and O–H groups in total. The number of anilines is 3. The van der Waals surface area contributed by atoms with Crippen molar-refractivity contribution >= 4 is 60.9 Å². The standard InChI is InChI=1S/C60H39NO2/c1-5-15-40(16-6-1)45-27-32-52-53-34-31-48(39-58(53)62-56(52)37-45)61(47-29-25-44(26-30-47)50-24-14-13-23-49(50)42-19-9-3-10-20-42)55-36-35-51(43-21-11-4-12-22-43)60-59(55)54-33-28-46(38-57(54)63-60)41-17-7-2-8-18-41/h1-39H. The van der Waals surface area contributed by atoms with Crippen LogP contribution in [-0.2, 0) is 0 Å². The van der Waals surface area contributed by atoms with E-state index in [0.717, 1.165) is 99.9 Å². The first-order valence-corrected chi connectivity index (χ1v) is 21.4. The Balaban J connectivity index is 1.07. The normalized spacial score (nSPS) is 11.5. The van der Waals surface area contributed by atoms with E-state index in [1.807, 2.05) is 6.07 Å². The Kier molecular flexibility index (Phi) is 8.83. The maximum absolute atomic E-state index is 7.01. The van der Waals surface area contributed by atoms with Crippen LogP contribution in [0.5, 0.6) is 0 Å². The third-order valence-electron chi connectivity index (χ3n) is 12.3. The predicted molar refractivity (Wildman–Crippen MR) is 263 cm³/mol. The number of furan rings is 2. The van der Waals surface area contributed by atoms with Gasteiger partial charge in [-0.3, -0.25) is 0 Å². The summed E-state index contributed by atoms with van der Waals surface area (Å²) in [6, 6.07) is 83.9. The van der Waals surface area contributed by atoms with Gasteiger partial charge in [0.25, 0.3) is 0 Å². The lowest BCUT2D eigenvalue weighted by atomic mass is 9.94. The van der Waals surface area contributed by atoms with Crippen molar-refractivity contribution in [2.75, 3.05) is 4.90 Å². The van der Waals surface area contributed by atoms with Gasteiger partial charge in [0.15, 0.2) is 0 Å². The lowest BCUT2D eigenvalue weighted by molar-refractivity contribution is 0.669. The molecule has 12 aromatic rings. The summed E-state index contributed by atoms with van der Waals surface area (Å²) in [6.45, 7) is 0. The second kappa shape index (κ2) is 15.3. The monoisotopic (exact) mass is 805 g/mol. The van der Waals surface area contributed by atoms with Gasteiger partial charge < -0.3 is 13.7 Å². The number of fused-ring (bicyclic) bond motifs is 6. The maximum atomic E-state index is 7.01. The van der Waals surface area contributed by atoms with E-state index in [2.05, 4.69) is 235 Å². The van der Waals surface area contributed by atoms with Gasteiger partial charge in [0, 0.05) is 39.2 Å². The third kappa shape index (κ3) is 6.46. The zero-order chi connectivity index (χ0) is 41.7. The molecule has 0 saturated carbocycles. The molecule has 12 rings (SSSR count). The summed E-state index contributed by atoms with van der Waals surface area (Å²) in [5.74, 6) is 0. The van der Waals surface area contributed by atoms with Crippen LogP contribution in [0.4, 0.5) is 17.1 Å². The lowest BCUT2D eigenvalue weighted by Crippen LogP contribution is -2.10. The van der Waals surface area contributed by atoms with E-state index in [0.29, 0.717) is 0 Å². The number of rotatable bonds is 8. The third-order valence-corrected chi connectivity index (χ3v) is 12.3. The molecule has 0 aliphatic heterocycles. The Hall–Kier alpha value is -8.40. The Morgan fingerprint density at radius 2 is 0.698 bits per heavy atom. The van der Waals surface area contributed by atoms with Gasteiger partial charge in [0.1, 0.15) is 22.3 Å². The van der Waals surface area contributed by atoms with Crippen LogP contribution in [0.3, 0.4) is 0 Å². The molecule has 0 saturated heterocycles. The van der Waals surface area contributed by atoms with E-state index >= 15 is 0 Å². The zero-order valence-electron chi connectivity index (χ0n) is 34.3. The molecule has 2 aromatic heterocycles. The quantitative estimate of drug-likeness (QED) is 0.153. The van der Waals surface area contributed by atoms with Crippen LogP contribution >= 0.6 is 0 Å². The second-order valence-corrected chi connectivity index (χ2v) is 16.0. The molecule has 63 heavy (non-hydrogen) atoms. The minimum Gasteiger partial charge on any atom is -0.456 e. The van der Waals surface area contributed by atoms with E-state index < -0.39 is 0 Å². The molecular weight excluding hydrogens is 767 g/mol. The minimum absolute atomic E-state index is 0.827. The molecule has 0 atom stereocenters. The van der Waals surface area contributed by atoms with Crippen molar-refractivity contribution in [1.82, 2.24) is 0 Å². The number of hydrogen-bond donors (Lipinski definition) is 0. The highest BCUT2D eigenvalue weighted by atomic mass is 16.3. The molecule has 0 aliphatic rings. The van der Waals surface area contributed by atoms with Crippen molar-refractivity contribution in [3.63, 3.8) is 0 Å². The summed E-state index contributed by atoms with van der Waals surface area (Å²) in [7, 11) is 0. The van der Waals surface area contributed by atoms with Crippen LogP contribution in [0, 0.1) is 0 Å². The van der Waals surface area contributed by atoms with Gasteiger partial charge >= 0.3 is 0 Å². The van der Waals surface area contributed by atoms with E-state index in [1.54, 1.807) is 0 Å². The first-order valence-electron chi connectivity index (χ1n) is 21.4. The lowest BCUT2D eigenvalue weighted by Gasteiger charge is -2.27. The second-order valence-electron chi connectivity index (χ2n) is 16.0. The van der Waals surface area contributed by atoms with Gasteiger partial charge in [0.2, 0.25) is 0 Å². The number of hydrogen-bond acceptors (Lipinski definition) is 3. The van der Waals surface area contributed by atoms with Crippen molar-refractivity contribution in [1.29, 1.82) is 0 Å². The predicted octanol–water partition coefficient (Wildman–Crippen LogP) is 17.3. The molecule has 0 amide bonds. The number of benzene rings is 10. The summed E-state index contributed by atoms with van der Waals surface area (Å²) in [5.41, 5.74) is 17.8. The highest BCUT2D eigenvalue weighted by Crippen LogP contribution is 2.48. The fraction of sp³-hybridized carbons (Fsp3) is 0. The summed E-state index contributed by atoms with van der Waals surface area (Å²) >= 11 is 0. The van der Waals surface area contributed by atoms with Gasteiger partial charge in [-0.2, -0.15) is 0 Å². The van der Waals surface area contributed by atoms with Crippen molar-refractivity contribution in [2.45, 2.75) is 0 Å². The Morgan fingerprint density at radius 3 is 1.29 bits per heavy atom. The molecule has 296 valence electrons. The first-order chi connectivity index (χ1) is 31.2. The maximum Gasteiger partial charge on any atom is 0.145 e. The number of nitrogens with zero attached hydrogens (tertiary/aromatic N) is 1. The Bertz CT molecular complexity index is 3590. The van der Waals surface area contributed by atoms with Crippen LogP contribution in [0.25, 0.3) is 99.5 Å². The SMILES string of the molecule is c1ccc(-c2ccc3c(c2)oc2cc(N(c4ccc(-c5ccccc5-c5ccccc5)cc4)c4ccc(-c5ccccc5)c5oc6cc(-c7ccccc7)ccc6c45)ccc23)cc1. The van der Waals surface area contributed by atoms with Gasteiger partial charge in [-0.05, 0) is 111 Å². The summed E-state index contributed by atoms with van der Waals surface area (Å²) in [5, 5.41) is 4.26. The summed E-state index contributed by atoms with van der Waals surface area (Å²) in [4.78, 5) is 2.35. The molecule has 0 aliphatic carbocycles. The van der Waals surface area contributed by atoms with E-state index in [4.69, 9.17) is 8.83 Å². The highest BCUT2D eigenvalue weighted by Gasteiger charge is 2.24. The van der Waals surface area contributed by atoms with Gasteiger partial charge in [0.05, 0.1) is 11.1 Å². The molecule has 0 radical (unpaired) electrons. The van der Waals surface area contributed by atoms with Gasteiger partial charge in [-0.15, -0.1) is 0 Å². The largest absolute Gasteiger partial charge is 0.456 e. The highest BCUT2D eigenvalue weighted by molar-refractivity contribution is 6.18. The molecule has 3 heteroatoms. The van der Waals surface area contributed by atoms with E-state index in [-0.39, 0.29) is 0 Å². The van der Waals surface area contributed by atoms with E-state index in [9.17, 15) is 0 Å². The van der Waals surface area contributed by atoms with Crippen molar-refractivity contribution in [3.8, 4) is 55.6 Å². The van der Waals surface area contributed by atoms with Crippen molar-refractivity contribution in [2.24, 2.45) is 0 Å². The molecule has 3 nitrogen and oxygen atoms in total. The molecule has 10 aromatic carbocycles. The average Bonchev–Trinajstić information content (AvgIpc) is 3.93. The first kappa shape index (κ1) is 36.5. The summed E-state index contributed by atoms with van der Waals surface area (Å²) < 4.78 is 13.7. The van der Waals surface area contributed by atoms with Gasteiger partial charge in [-0.1, -0.05) is 170 Å². The molecule has 0 spiro atoms.